The van der Waals surface area contributed by atoms with Gasteiger partial charge >= 0.3 is 5.97 Å². The van der Waals surface area contributed by atoms with Crippen LogP contribution in [0.3, 0.4) is 0 Å². The van der Waals surface area contributed by atoms with Gasteiger partial charge in [-0.2, -0.15) is 0 Å². The highest BCUT2D eigenvalue weighted by molar-refractivity contribution is 7.99. The summed E-state index contributed by atoms with van der Waals surface area (Å²) in [6.45, 7) is 6.91. The first-order chi connectivity index (χ1) is 16.3. The summed E-state index contributed by atoms with van der Waals surface area (Å²) in [5.74, 6) is -0.149. The van der Waals surface area contributed by atoms with Crippen LogP contribution in [0, 0.1) is 0 Å². The van der Waals surface area contributed by atoms with Crippen molar-refractivity contribution in [1.82, 2.24) is 9.55 Å². The van der Waals surface area contributed by atoms with Gasteiger partial charge in [-0.15, -0.1) is 0 Å². The van der Waals surface area contributed by atoms with E-state index in [2.05, 4.69) is 32.0 Å². The van der Waals surface area contributed by atoms with E-state index in [0.717, 1.165) is 61.8 Å². The summed E-state index contributed by atoms with van der Waals surface area (Å²) in [5.41, 5.74) is 3.69. The van der Waals surface area contributed by atoms with Gasteiger partial charge in [0, 0.05) is 23.6 Å². The molecule has 1 saturated heterocycles. The first-order valence-corrected chi connectivity index (χ1v) is 13.5. The predicted octanol–water partition coefficient (Wildman–Crippen LogP) is 5.06. The molecular weight excluding hydrogens is 448 g/mol. The van der Waals surface area contributed by atoms with Crippen molar-refractivity contribution in [2.75, 3.05) is 19.0 Å². The van der Waals surface area contributed by atoms with Gasteiger partial charge in [0.1, 0.15) is 0 Å². The van der Waals surface area contributed by atoms with Crippen LogP contribution in [0.15, 0.2) is 34.2 Å². The van der Waals surface area contributed by atoms with E-state index in [9.17, 15) is 9.59 Å². The number of hydrogen-bond donors (Lipinski definition) is 0. The molecule has 0 N–H and O–H groups in total. The SMILES string of the molecule is CCOC(=O)CSc1nc2c(c(=O)n1[C@@H]1CCOC(C)(C)C1)C1(CCCC1)Cc1ccccc1-2. The van der Waals surface area contributed by atoms with Crippen LogP contribution in [0.25, 0.3) is 11.3 Å². The Bertz CT molecular complexity index is 1150. The monoisotopic (exact) mass is 482 g/mol. The molecule has 2 fully saturated rings. The van der Waals surface area contributed by atoms with E-state index in [4.69, 9.17) is 14.5 Å². The average Bonchev–Trinajstić information content (AvgIpc) is 3.25. The van der Waals surface area contributed by atoms with Crippen molar-refractivity contribution in [2.45, 2.75) is 87.9 Å². The fourth-order valence-corrected chi connectivity index (χ4v) is 7.05. The molecule has 1 aromatic carbocycles. The third-order valence-corrected chi connectivity index (χ3v) is 8.56. The molecule has 0 radical (unpaired) electrons. The highest BCUT2D eigenvalue weighted by atomic mass is 32.2. The number of carbonyl (C=O) groups excluding carboxylic acids is 1. The first kappa shape index (κ1) is 23.6. The molecule has 1 spiro atoms. The smallest absolute Gasteiger partial charge is 0.316 e. The lowest BCUT2D eigenvalue weighted by molar-refractivity contribution is -0.139. The van der Waals surface area contributed by atoms with Gasteiger partial charge in [0.25, 0.3) is 5.56 Å². The van der Waals surface area contributed by atoms with Crippen LogP contribution in [-0.2, 0) is 26.1 Å². The molecule has 0 amide bonds. The van der Waals surface area contributed by atoms with Crippen LogP contribution in [-0.4, -0.2) is 40.1 Å². The Morgan fingerprint density at radius 3 is 2.76 bits per heavy atom. The van der Waals surface area contributed by atoms with Crippen molar-refractivity contribution in [3.63, 3.8) is 0 Å². The summed E-state index contributed by atoms with van der Waals surface area (Å²) < 4.78 is 13.0. The van der Waals surface area contributed by atoms with Gasteiger partial charge < -0.3 is 9.47 Å². The lowest BCUT2D eigenvalue weighted by Gasteiger charge is -2.40. The van der Waals surface area contributed by atoms with Gasteiger partial charge in [-0.25, -0.2) is 4.98 Å². The van der Waals surface area contributed by atoms with Crippen LogP contribution >= 0.6 is 11.8 Å². The minimum Gasteiger partial charge on any atom is -0.465 e. The zero-order valence-corrected chi connectivity index (χ0v) is 21.2. The van der Waals surface area contributed by atoms with E-state index in [1.54, 1.807) is 6.92 Å². The quantitative estimate of drug-likeness (QED) is 0.337. The number of hydrogen-bond acceptors (Lipinski definition) is 6. The van der Waals surface area contributed by atoms with Crippen LogP contribution in [0.5, 0.6) is 0 Å². The molecule has 1 aromatic heterocycles. The van der Waals surface area contributed by atoms with Gasteiger partial charge in [-0.1, -0.05) is 48.9 Å². The number of benzene rings is 1. The summed E-state index contributed by atoms with van der Waals surface area (Å²) in [6, 6.07) is 8.36. The zero-order chi connectivity index (χ0) is 23.9. The van der Waals surface area contributed by atoms with Crippen molar-refractivity contribution in [3.05, 3.63) is 45.7 Å². The Balaban J connectivity index is 1.69. The molecule has 2 aromatic rings. The maximum atomic E-state index is 14.4. The molecule has 7 heteroatoms. The number of carbonyl (C=O) groups is 1. The van der Waals surface area contributed by atoms with Crippen molar-refractivity contribution in [1.29, 1.82) is 0 Å². The van der Waals surface area contributed by atoms with E-state index in [-0.39, 0.29) is 34.3 Å². The number of aromatic nitrogens is 2. The normalized spacial score (nSPS) is 22.3. The summed E-state index contributed by atoms with van der Waals surface area (Å²) in [5, 5.41) is 0.615. The average molecular weight is 483 g/mol. The van der Waals surface area contributed by atoms with E-state index in [1.165, 1.54) is 17.3 Å². The Kier molecular flexibility index (Phi) is 6.36. The third-order valence-electron chi connectivity index (χ3n) is 7.64. The number of nitrogens with zero attached hydrogens (tertiary/aromatic N) is 2. The van der Waals surface area contributed by atoms with Crippen molar-refractivity contribution in [2.24, 2.45) is 0 Å². The molecule has 34 heavy (non-hydrogen) atoms. The Labute approximate surface area is 205 Å². The summed E-state index contributed by atoms with van der Waals surface area (Å²) in [7, 11) is 0. The molecule has 0 unspecified atom stereocenters. The molecule has 1 atom stereocenters. The van der Waals surface area contributed by atoms with E-state index in [1.807, 2.05) is 10.6 Å². The molecule has 1 aliphatic heterocycles. The fraction of sp³-hybridized carbons (Fsp3) is 0.593. The van der Waals surface area contributed by atoms with E-state index in [0.29, 0.717) is 18.4 Å². The number of fused-ring (bicyclic) bond motifs is 4. The molecule has 0 bridgehead atoms. The van der Waals surface area contributed by atoms with Crippen molar-refractivity contribution < 1.29 is 14.3 Å². The second-order valence-electron chi connectivity index (χ2n) is 10.5. The number of ether oxygens (including phenoxy) is 2. The predicted molar refractivity (Wildman–Crippen MR) is 133 cm³/mol. The van der Waals surface area contributed by atoms with Gasteiger partial charge in [0.05, 0.1) is 29.2 Å². The third kappa shape index (κ3) is 4.22. The number of rotatable bonds is 5. The molecule has 182 valence electrons. The molecule has 6 nitrogen and oxygen atoms in total. The highest BCUT2D eigenvalue weighted by Crippen LogP contribution is 2.50. The maximum Gasteiger partial charge on any atom is 0.316 e. The second kappa shape index (κ2) is 9.15. The van der Waals surface area contributed by atoms with Crippen LogP contribution < -0.4 is 5.56 Å². The van der Waals surface area contributed by atoms with Gasteiger partial charge in [-0.05, 0) is 58.4 Å². The number of thioether (sulfide) groups is 1. The molecular formula is C27H34N2O4S. The summed E-state index contributed by atoms with van der Waals surface area (Å²) >= 11 is 1.32. The molecule has 3 aliphatic rings. The lowest BCUT2D eigenvalue weighted by atomic mass is 9.68. The minimum atomic E-state index is -0.307. The van der Waals surface area contributed by atoms with E-state index >= 15 is 0 Å². The first-order valence-electron chi connectivity index (χ1n) is 12.5. The molecule has 2 aliphatic carbocycles. The standard InChI is InChI=1S/C27H34N2O4S/c1-4-32-21(30)17-34-25-28-23-20-10-6-5-9-18(20)15-27(12-7-8-13-27)22(23)24(31)29(25)19-11-14-33-26(2,3)16-19/h5-6,9-10,19H,4,7-8,11-17H2,1-3H3/t19-/m1/s1. The van der Waals surface area contributed by atoms with Crippen molar-refractivity contribution >= 4 is 17.7 Å². The second-order valence-corrected chi connectivity index (χ2v) is 11.4. The Hall–Kier alpha value is -2.12. The zero-order valence-electron chi connectivity index (χ0n) is 20.4. The molecule has 1 saturated carbocycles. The highest BCUT2D eigenvalue weighted by Gasteiger charge is 2.45. The lowest BCUT2D eigenvalue weighted by Crippen LogP contribution is -2.44. The summed E-state index contributed by atoms with van der Waals surface area (Å²) in [4.78, 5) is 31.8. The maximum absolute atomic E-state index is 14.4. The topological polar surface area (TPSA) is 70.4 Å². The Morgan fingerprint density at radius 1 is 1.26 bits per heavy atom. The Morgan fingerprint density at radius 2 is 2.03 bits per heavy atom. The number of esters is 1. The van der Waals surface area contributed by atoms with Gasteiger partial charge in [0.2, 0.25) is 0 Å². The van der Waals surface area contributed by atoms with Crippen molar-refractivity contribution in [3.8, 4) is 11.3 Å². The molecule has 5 rings (SSSR count). The minimum absolute atomic E-state index is 0.00521. The van der Waals surface area contributed by atoms with Crippen LogP contribution in [0.1, 0.15) is 76.5 Å². The molecule has 2 heterocycles. The van der Waals surface area contributed by atoms with Gasteiger partial charge in [-0.3, -0.25) is 14.2 Å². The van der Waals surface area contributed by atoms with E-state index < -0.39 is 0 Å². The van der Waals surface area contributed by atoms with Crippen LogP contribution in [0.4, 0.5) is 0 Å². The largest absolute Gasteiger partial charge is 0.465 e. The van der Waals surface area contributed by atoms with Crippen LogP contribution in [0.2, 0.25) is 0 Å². The summed E-state index contributed by atoms with van der Waals surface area (Å²) in [6.07, 6.45) is 6.75. The fourth-order valence-electron chi connectivity index (χ4n) is 6.19. The van der Waals surface area contributed by atoms with Gasteiger partial charge in [0.15, 0.2) is 5.16 Å².